The molecular weight excluding hydrogens is 320 g/mol. The molecule has 2 aromatic carbocycles. The molecule has 1 atom stereocenters. The Morgan fingerprint density at radius 2 is 1.73 bits per heavy atom. The summed E-state index contributed by atoms with van der Waals surface area (Å²) in [5, 5.41) is 0. The third-order valence-corrected chi connectivity index (χ3v) is 5.80. The van der Waals surface area contributed by atoms with Gasteiger partial charge in [-0.2, -0.15) is 0 Å². The molecule has 0 aliphatic carbocycles. The number of aromatic nitrogens is 2. The monoisotopic (exact) mass is 344 g/mol. The molecule has 4 nitrogen and oxygen atoms in total. The zero-order chi connectivity index (χ0) is 17.5. The van der Waals surface area contributed by atoms with Crippen LogP contribution in [-0.4, -0.2) is 41.5 Å². The minimum Gasteiger partial charge on any atom is -0.372 e. The average molecular weight is 344 g/mol. The number of anilines is 1. The van der Waals surface area contributed by atoms with Crippen LogP contribution in [0.2, 0.25) is 0 Å². The Balaban J connectivity index is 1.55. The molecule has 3 aromatic rings. The Hall–Kier alpha value is -2.46. The van der Waals surface area contributed by atoms with Crippen molar-refractivity contribution in [2.24, 2.45) is 0 Å². The molecule has 5 rings (SSSR count). The summed E-state index contributed by atoms with van der Waals surface area (Å²) in [4.78, 5) is 13.9. The molecule has 132 valence electrons. The molecule has 26 heavy (non-hydrogen) atoms. The van der Waals surface area contributed by atoms with Crippen LogP contribution in [0.4, 0.5) is 5.69 Å². The fraction of sp³-hybridized carbons (Fsp3) is 0.364. The Bertz CT molecular complexity index is 946. The van der Waals surface area contributed by atoms with Gasteiger partial charge < -0.3 is 9.80 Å². The summed E-state index contributed by atoms with van der Waals surface area (Å²) in [5.41, 5.74) is 7.60. The van der Waals surface area contributed by atoms with E-state index in [2.05, 4.69) is 63.2 Å². The van der Waals surface area contributed by atoms with Crippen LogP contribution in [-0.2, 0) is 6.54 Å². The van der Waals surface area contributed by atoms with Gasteiger partial charge in [-0.1, -0.05) is 12.1 Å². The number of hydrogen-bond donors (Lipinski definition) is 0. The van der Waals surface area contributed by atoms with Crippen molar-refractivity contribution in [2.75, 3.05) is 31.6 Å². The highest BCUT2D eigenvalue weighted by atomic mass is 15.1. The third kappa shape index (κ3) is 2.74. The van der Waals surface area contributed by atoms with Crippen LogP contribution < -0.4 is 4.90 Å². The van der Waals surface area contributed by atoms with Crippen molar-refractivity contribution in [3.05, 3.63) is 65.5 Å². The topological polar surface area (TPSA) is 32.3 Å². The van der Waals surface area contributed by atoms with Gasteiger partial charge in [-0.15, -0.1) is 0 Å². The van der Waals surface area contributed by atoms with Gasteiger partial charge >= 0.3 is 0 Å². The predicted molar refractivity (Wildman–Crippen MR) is 106 cm³/mol. The van der Waals surface area contributed by atoms with E-state index in [4.69, 9.17) is 0 Å². The summed E-state index contributed by atoms with van der Waals surface area (Å²) in [6, 6.07) is 13.6. The van der Waals surface area contributed by atoms with E-state index < -0.39 is 0 Å². The lowest BCUT2D eigenvalue weighted by atomic mass is 9.84. The maximum Gasteiger partial charge on any atom is 0.0889 e. The van der Waals surface area contributed by atoms with Gasteiger partial charge in [0.15, 0.2) is 0 Å². The number of likely N-dealkylation sites (N-methyl/N-ethyl adjacent to an activating group) is 1. The highest BCUT2D eigenvalue weighted by Gasteiger charge is 2.26. The molecule has 2 aliphatic heterocycles. The number of rotatable bonds is 2. The van der Waals surface area contributed by atoms with Crippen LogP contribution in [0.1, 0.15) is 35.4 Å². The first kappa shape index (κ1) is 15.8. The second-order valence-corrected chi connectivity index (χ2v) is 7.63. The van der Waals surface area contributed by atoms with Crippen LogP contribution in [0, 0.1) is 0 Å². The van der Waals surface area contributed by atoms with Crippen molar-refractivity contribution in [1.82, 2.24) is 14.9 Å². The van der Waals surface area contributed by atoms with E-state index in [1.807, 2.05) is 0 Å². The molecule has 0 radical (unpaired) electrons. The summed E-state index contributed by atoms with van der Waals surface area (Å²) >= 11 is 0. The van der Waals surface area contributed by atoms with E-state index in [0.717, 1.165) is 24.1 Å². The number of nitrogens with zero attached hydrogens (tertiary/aromatic N) is 4. The summed E-state index contributed by atoms with van der Waals surface area (Å²) in [6.07, 6.45) is 6.16. The fourth-order valence-corrected chi connectivity index (χ4v) is 4.49. The van der Waals surface area contributed by atoms with Crippen LogP contribution in [0.15, 0.2) is 48.8 Å². The first-order valence-electron chi connectivity index (χ1n) is 9.55. The van der Waals surface area contributed by atoms with Gasteiger partial charge in [0.2, 0.25) is 0 Å². The summed E-state index contributed by atoms with van der Waals surface area (Å²) in [5.74, 6) is 0.391. The van der Waals surface area contributed by atoms with E-state index >= 15 is 0 Å². The number of hydrogen-bond acceptors (Lipinski definition) is 4. The molecule has 2 aliphatic rings. The van der Waals surface area contributed by atoms with Crippen molar-refractivity contribution in [2.45, 2.75) is 25.3 Å². The Kier molecular flexibility index (Phi) is 3.86. The molecule has 1 aromatic heterocycles. The molecular formula is C22H24N4. The lowest BCUT2D eigenvalue weighted by molar-refractivity contribution is 0.295. The quantitative estimate of drug-likeness (QED) is 0.708. The zero-order valence-corrected chi connectivity index (χ0v) is 15.2. The molecule has 0 N–H and O–H groups in total. The molecule has 0 amide bonds. The summed E-state index contributed by atoms with van der Waals surface area (Å²) < 4.78 is 0. The SMILES string of the molecule is CN1Cc2cc(N3CCCC3)ccc2C(c2ccc3nccnc3c2)C1. The van der Waals surface area contributed by atoms with E-state index in [0.29, 0.717) is 5.92 Å². The molecule has 3 heterocycles. The first-order valence-corrected chi connectivity index (χ1v) is 9.55. The smallest absolute Gasteiger partial charge is 0.0889 e. The predicted octanol–water partition coefficient (Wildman–Crippen LogP) is 3.81. The molecule has 0 spiro atoms. The van der Waals surface area contributed by atoms with Gasteiger partial charge in [0.25, 0.3) is 0 Å². The highest BCUT2D eigenvalue weighted by molar-refractivity contribution is 5.75. The van der Waals surface area contributed by atoms with Crippen molar-refractivity contribution < 1.29 is 0 Å². The van der Waals surface area contributed by atoms with E-state index in [-0.39, 0.29) is 0 Å². The van der Waals surface area contributed by atoms with Crippen LogP contribution in [0.25, 0.3) is 11.0 Å². The van der Waals surface area contributed by atoms with Gasteiger partial charge in [0, 0.05) is 50.2 Å². The highest BCUT2D eigenvalue weighted by Crippen LogP contribution is 2.36. The van der Waals surface area contributed by atoms with Gasteiger partial charge in [-0.05, 0) is 60.8 Å². The molecule has 1 saturated heterocycles. The first-order chi connectivity index (χ1) is 12.8. The van der Waals surface area contributed by atoms with Gasteiger partial charge in [-0.3, -0.25) is 9.97 Å². The van der Waals surface area contributed by atoms with Crippen LogP contribution in [0.5, 0.6) is 0 Å². The number of fused-ring (bicyclic) bond motifs is 2. The van der Waals surface area contributed by atoms with Gasteiger partial charge in [0.1, 0.15) is 0 Å². The van der Waals surface area contributed by atoms with Crippen molar-refractivity contribution in [1.29, 1.82) is 0 Å². The summed E-state index contributed by atoms with van der Waals surface area (Å²) in [6.45, 7) is 4.46. The molecule has 0 bridgehead atoms. The Morgan fingerprint density at radius 1 is 0.923 bits per heavy atom. The average Bonchev–Trinajstić information content (AvgIpc) is 3.21. The van der Waals surface area contributed by atoms with Crippen molar-refractivity contribution >= 4 is 16.7 Å². The van der Waals surface area contributed by atoms with E-state index in [1.54, 1.807) is 12.4 Å². The minimum atomic E-state index is 0.391. The normalized spacial score (nSPS) is 20.5. The van der Waals surface area contributed by atoms with Gasteiger partial charge in [-0.25, -0.2) is 0 Å². The van der Waals surface area contributed by atoms with E-state index in [9.17, 15) is 0 Å². The Labute approximate surface area is 154 Å². The molecule has 4 heteroatoms. The largest absolute Gasteiger partial charge is 0.372 e. The van der Waals surface area contributed by atoms with Gasteiger partial charge in [0.05, 0.1) is 11.0 Å². The fourth-order valence-electron chi connectivity index (χ4n) is 4.49. The minimum absolute atomic E-state index is 0.391. The third-order valence-electron chi connectivity index (χ3n) is 5.80. The zero-order valence-electron chi connectivity index (χ0n) is 15.2. The van der Waals surface area contributed by atoms with Crippen molar-refractivity contribution in [3.8, 4) is 0 Å². The van der Waals surface area contributed by atoms with E-state index in [1.165, 1.54) is 48.3 Å². The number of benzene rings is 2. The van der Waals surface area contributed by atoms with Crippen LogP contribution in [0.3, 0.4) is 0 Å². The summed E-state index contributed by atoms with van der Waals surface area (Å²) in [7, 11) is 2.22. The second-order valence-electron chi connectivity index (χ2n) is 7.63. The lowest BCUT2D eigenvalue weighted by Gasteiger charge is -2.33. The molecule has 0 saturated carbocycles. The maximum absolute atomic E-state index is 4.50. The lowest BCUT2D eigenvalue weighted by Crippen LogP contribution is -2.31. The standard InChI is InChI=1S/C22H24N4/c1-25-14-17-12-18(26-10-2-3-11-26)5-6-19(17)20(15-25)16-4-7-21-22(13-16)24-9-8-23-21/h4-9,12-13,20H,2-3,10-11,14-15H2,1H3. The van der Waals surface area contributed by atoms with Crippen molar-refractivity contribution in [3.63, 3.8) is 0 Å². The maximum atomic E-state index is 4.50. The second kappa shape index (κ2) is 6.36. The molecule has 1 unspecified atom stereocenters. The Morgan fingerprint density at radius 3 is 2.58 bits per heavy atom. The van der Waals surface area contributed by atoms with Crippen LogP contribution >= 0.6 is 0 Å². The molecule has 1 fully saturated rings.